The van der Waals surface area contributed by atoms with Gasteiger partial charge in [0.25, 0.3) is 0 Å². The van der Waals surface area contributed by atoms with Gasteiger partial charge in [0.05, 0.1) is 4.90 Å². The van der Waals surface area contributed by atoms with E-state index < -0.39 is 27.8 Å². The summed E-state index contributed by atoms with van der Waals surface area (Å²) in [5.41, 5.74) is 1.58. The molecular weight excluding hydrogens is 331 g/mol. The first-order valence-electron chi connectivity index (χ1n) is 7.47. The maximum absolute atomic E-state index is 12.9. The molecule has 2 N–H and O–H groups in total. The third-order valence-electron chi connectivity index (χ3n) is 3.43. The Labute approximate surface area is 141 Å². The Morgan fingerprint density at radius 3 is 2.42 bits per heavy atom. The first-order chi connectivity index (χ1) is 11.3. The maximum atomic E-state index is 12.9. The van der Waals surface area contributed by atoms with Crippen molar-refractivity contribution in [2.24, 2.45) is 0 Å². The molecule has 0 saturated carbocycles. The molecule has 2 aromatic rings. The van der Waals surface area contributed by atoms with Crippen LogP contribution in [0, 0.1) is 12.7 Å². The van der Waals surface area contributed by atoms with Crippen molar-refractivity contribution >= 4 is 21.6 Å². The summed E-state index contributed by atoms with van der Waals surface area (Å²) in [6.07, 6.45) is 0.276. The van der Waals surface area contributed by atoms with Crippen LogP contribution in [-0.4, -0.2) is 20.4 Å². The molecule has 1 amide bonds. The van der Waals surface area contributed by atoms with E-state index in [1.54, 1.807) is 25.1 Å². The van der Waals surface area contributed by atoms with Crippen molar-refractivity contribution in [2.45, 2.75) is 31.2 Å². The van der Waals surface area contributed by atoms with Crippen molar-refractivity contribution in [1.29, 1.82) is 0 Å². The fraction of sp³-hybridized carbons (Fsp3) is 0.235. The van der Waals surface area contributed by atoms with Gasteiger partial charge in [-0.1, -0.05) is 19.1 Å². The number of anilines is 1. The highest BCUT2D eigenvalue weighted by molar-refractivity contribution is 7.89. The van der Waals surface area contributed by atoms with Crippen LogP contribution in [0.4, 0.5) is 10.1 Å². The zero-order valence-corrected chi connectivity index (χ0v) is 14.2. The van der Waals surface area contributed by atoms with Gasteiger partial charge in [0.1, 0.15) is 11.9 Å². The molecule has 0 aliphatic carbocycles. The molecular formula is C17H19FN2O3S. The summed E-state index contributed by atoms with van der Waals surface area (Å²) < 4.78 is 39.9. The minimum absolute atomic E-state index is 0.0919. The molecule has 0 aliphatic rings. The molecule has 0 aliphatic heterocycles. The van der Waals surface area contributed by atoms with Gasteiger partial charge in [0.15, 0.2) is 0 Å². The molecule has 7 heteroatoms. The molecule has 24 heavy (non-hydrogen) atoms. The zero-order chi connectivity index (χ0) is 17.7. The predicted octanol–water partition coefficient (Wildman–Crippen LogP) is 2.83. The number of hydrogen-bond donors (Lipinski definition) is 2. The third kappa shape index (κ3) is 4.62. The number of rotatable bonds is 6. The molecule has 0 fully saturated rings. The molecule has 2 aromatic carbocycles. The fourth-order valence-corrected chi connectivity index (χ4v) is 3.42. The lowest BCUT2D eigenvalue weighted by Crippen LogP contribution is -2.43. The van der Waals surface area contributed by atoms with Crippen LogP contribution in [0.2, 0.25) is 0 Å². The van der Waals surface area contributed by atoms with Crippen molar-refractivity contribution in [3.05, 3.63) is 59.9 Å². The smallest absolute Gasteiger partial charge is 0.242 e. The van der Waals surface area contributed by atoms with Crippen molar-refractivity contribution in [2.75, 3.05) is 5.32 Å². The Morgan fingerprint density at radius 1 is 1.17 bits per heavy atom. The van der Waals surface area contributed by atoms with Crippen LogP contribution in [0.3, 0.4) is 0 Å². The average Bonchev–Trinajstić information content (AvgIpc) is 2.53. The van der Waals surface area contributed by atoms with Gasteiger partial charge in [-0.25, -0.2) is 12.8 Å². The average molecular weight is 350 g/mol. The maximum Gasteiger partial charge on any atom is 0.242 e. The van der Waals surface area contributed by atoms with E-state index in [1.807, 2.05) is 13.0 Å². The highest BCUT2D eigenvalue weighted by Gasteiger charge is 2.24. The summed E-state index contributed by atoms with van der Waals surface area (Å²) in [5.74, 6) is -0.980. The van der Waals surface area contributed by atoms with Crippen LogP contribution in [0.1, 0.15) is 18.9 Å². The number of amides is 1. The molecule has 128 valence electrons. The van der Waals surface area contributed by atoms with E-state index in [2.05, 4.69) is 10.0 Å². The van der Waals surface area contributed by atoms with Crippen LogP contribution in [0.5, 0.6) is 0 Å². The number of carbonyl (C=O) groups excluding carboxylic acids is 1. The Morgan fingerprint density at radius 2 is 1.83 bits per heavy atom. The predicted molar refractivity (Wildman–Crippen MR) is 90.6 cm³/mol. The van der Waals surface area contributed by atoms with Crippen LogP contribution in [0.25, 0.3) is 0 Å². The minimum Gasteiger partial charge on any atom is -0.325 e. The van der Waals surface area contributed by atoms with E-state index in [0.717, 1.165) is 29.8 Å². The summed E-state index contributed by atoms with van der Waals surface area (Å²) in [5, 5.41) is 2.69. The standard InChI is InChI=1S/C17H19FN2O3S/c1-3-16(17(21)19-14-6-4-5-12(2)11-14)20-24(22,23)15-9-7-13(18)8-10-15/h4-11,16,20H,3H2,1-2H3,(H,19,21). The van der Waals surface area contributed by atoms with E-state index in [0.29, 0.717) is 5.69 Å². The van der Waals surface area contributed by atoms with Crippen molar-refractivity contribution < 1.29 is 17.6 Å². The van der Waals surface area contributed by atoms with E-state index in [1.165, 1.54) is 0 Å². The highest BCUT2D eigenvalue weighted by atomic mass is 32.2. The van der Waals surface area contributed by atoms with Crippen LogP contribution >= 0.6 is 0 Å². The van der Waals surface area contributed by atoms with E-state index in [-0.39, 0.29) is 11.3 Å². The lowest BCUT2D eigenvalue weighted by atomic mass is 10.2. The summed E-state index contributed by atoms with van der Waals surface area (Å²) >= 11 is 0. The molecule has 0 aromatic heterocycles. The molecule has 0 bridgehead atoms. The number of benzene rings is 2. The van der Waals surface area contributed by atoms with Gasteiger partial charge in [-0.2, -0.15) is 4.72 Å². The number of halogens is 1. The fourth-order valence-electron chi connectivity index (χ4n) is 2.14. The number of hydrogen-bond acceptors (Lipinski definition) is 3. The molecule has 0 saturated heterocycles. The zero-order valence-electron chi connectivity index (χ0n) is 13.4. The third-order valence-corrected chi connectivity index (χ3v) is 4.92. The van der Waals surface area contributed by atoms with Gasteiger partial charge >= 0.3 is 0 Å². The second kappa shape index (κ2) is 7.55. The lowest BCUT2D eigenvalue weighted by molar-refractivity contribution is -0.117. The molecule has 0 spiro atoms. The first kappa shape index (κ1) is 18.1. The number of aryl methyl sites for hydroxylation is 1. The number of sulfonamides is 1. The first-order valence-corrected chi connectivity index (χ1v) is 8.95. The number of nitrogens with one attached hydrogen (secondary N) is 2. The largest absolute Gasteiger partial charge is 0.325 e. The van der Waals surface area contributed by atoms with E-state index >= 15 is 0 Å². The van der Waals surface area contributed by atoms with Gasteiger partial charge in [0.2, 0.25) is 15.9 Å². The summed E-state index contributed by atoms with van der Waals surface area (Å²) in [4.78, 5) is 12.2. The van der Waals surface area contributed by atoms with Gasteiger partial charge < -0.3 is 5.32 Å². The van der Waals surface area contributed by atoms with Gasteiger partial charge in [-0.05, 0) is 55.3 Å². The monoisotopic (exact) mass is 350 g/mol. The van der Waals surface area contributed by atoms with Crippen LogP contribution in [0.15, 0.2) is 53.4 Å². The second-order valence-corrected chi connectivity index (χ2v) is 7.11. The van der Waals surface area contributed by atoms with Crippen molar-refractivity contribution in [3.8, 4) is 0 Å². The van der Waals surface area contributed by atoms with Gasteiger partial charge in [-0.15, -0.1) is 0 Å². The number of carbonyl (C=O) groups is 1. The second-order valence-electron chi connectivity index (χ2n) is 5.39. The van der Waals surface area contributed by atoms with Crippen LogP contribution in [-0.2, 0) is 14.8 Å². The van der Waals surface area contributed by atoms with Gasteiger partial charge in [0, 0.05) is 5.69 Å². The van der Waals surface area contributed by atoms with E-state index in [4.69, 9.17) is 0 Å². The van der Waals surface area contributed by atoms with Gasteiger partial charge in [-0.3, -0.25) is 4.79 Å². The lowest BCUT2D eigenvalue weighted by Gasteiger charge is -2.17. The molecule has 2 rings (SSSR count). The normalized spacial score (nSPS) is 12.6. The molecule has 1 unspecified atom stereocenters. The van der Waals surface area contributed by atoms with Crippen LogP contribution < -0.4 is 10.0 Å². The molecule has 0 heterocycles. The molecule has 0 radical (unpaired) electrons. The Balaban J connectivity index is 2.13. The summed E-state index contributed by atoms with van der Waals surface area (Å²) in [6.45, 7) is 3.60. The Bertz CT molecular complexity index is 820. The Kier molecular flexibility index (Phi) is 5.69. The van der Waals surface area contributed by atoms with Crippen molar-refractivity contribution in [3.63, 3.8) is 0 Å². The summed E-state index contributed by atoms with van der Waals surface area (Å²) in [6, 6.07) is 10.7. The van der Waals surface area contributed by atoms with E-state index in [9.17, 15) is 17.6 Å². The quantitative estimate of drug-likeness (QED) is 0.841. The topological polar surface area (TPSA) is 75.3 Å². The van der Waals surface area contributed by atoms with Crippen molar-refractivity contribution in [1.82, 2.24) is 4.72 Å². The highest BCUT2D eigenvalue weighted by Crippen LogP contribution is 2.13. The summed E-state index contributed by atoms with van der Waals surface area (Å²) in [7, 11) is -3.91. The molecule has 1 atom stereocenters. The SMILES string of the molecule is CCC(NS(=O)(=O)c1ccc(F)cc1)C(=O)Nc1cccc(C)c1. The Hall–Kier alpha value is -2.25. The minimum atomic E-state index is -3.91. The molecule has 5 nitrogen and oxygen atoms in total.